The molecule has 0 saturated heterocycles. The van der Waals surface area contributed by atoms with Crippen molar-refractivity contribution in [3.8, 4) is 0 Å². The predicted octanol–water partition coefficient (Wildman–Crippen LogP) is 5.40. The number of aromatic nitrogens is 2. The van der Waals surface area contributed by atoms with E-state index in [2.05, 4.69) is 20.6 Å². The van der Waals surface area contributed by atoms with Crippen molar-refractivity contribution in [2.75, 3.05) is 10.6 Å². The van der Waals surface area contributed by atoms with E-state index in [1.165, 1.54) is 17.8 Å². The number of amides is 1. The molecule has 0 fully saturated rings. The molecule has 2 N–H and O–H groups in total. The highest BCUT2D eigenvalue weighted by molar-refractivity contribution is 6.40. The van der Waals surface area contributed by atoms with Gasteiger partial charge in [0.05, 0.1) is 15.7 Å². The number of rotatable bonds is 4. The fourth-order valence-electron chi connectivity index (χ4n) is 2.29. The Hall–Kier alpha value is -2.63. The molecule has 7 heteroatoms. The molecular formula is C19H16Cl2N4O. The minimum Gasteiger partial charge on any atom is -0.324 e. The molecule has 0 saturated carbocycles. The van der Waals surface area contributed by atoms with Crippen LogP contribution in [0.5, 0.6) is 0 Å². The first-order valence-corrected chi connectivity index (χ1v) is 8.62. The quantitative estimate of drug-likeness (QED) is 0.629. The van der Waals surface area contributed by atoms with Gasteiger partial charge in [-0.2, -0.15) is 0 Å². The Morgan fingerprint density at radius 2 is 1.73 bits per heavy atom. The molecule has 3 aromatic rings. The maximum absolute atomic E-state index is 12.5. The van der Waals surface area contributed by atoms with E-state index in [-0.39, 0.29) is 5.69 Å². The van der Waals surface area contributed by atoms with Crippen LogP contribution >= 0.6 is 23.2 Å². The second-order valence-corrected chi connectivity index (χ2v) is 6.55. The average molecular weight is 387 g/mol. The van der Waals surface area contributed by atoms with Crippen LogP contribution in [0.3, 0.4) is 0 Å². The zero-order valence-corrected chi connectivity index (χ0v) is 15.7. The van der Waals surface area contributed by atoms with Gasteiger partial charge < -0.3 is 10.6 Å². The van der Waals surface area contributed by atoms with Gasteiger partial charge >= 0.3 is 0 Å². The molecule has 3 rings (SSSR count). The van der Waals surface area contributed by atoms with Crippen molar-refractivity contribution in [1.82, 2.24) is 9.97 Å². The summed E-state index contributed by atoms with van der Waals surface area (Å²) in [6, 6.07) is 12.5. The number of anilines is 3. The van der Waals surface area contributed by atoms with E-state index in [1.807, 2.05) is 32.0 Å². The van der Waals surface area contributed by atoms with E-state index in [1.54, 1.807) is 18.2 Å². The molecule has 5 nitrogen and oxygen atoms in total. The lowest BCUT2D eigenvalue weighted by Crippen LogP contribution is -2.15. The van der Waals surface area contributed by atoms with Gasteiger partial charge in [0.1, 0.15) is 5.69 Å². The summed E-state index contributed by atoms with van der Waals surface area (Å²) in [7, 11) is 0. The van der Waals surface area contributed by atoms with E-state index < -0.39 is 5.91 Å². The molecule has 0 radical (unpaired) electrons. The second-order valence-electron chi connectivity index (χ2n) is 5.74. The molecule has 1 heterocycles. The number of hydrogen-bond acceptors (Lipinski definition) is 4. The molecule has 0 aliphatic carbocycles. The summed E-state index contributed by atoms with van der Waals surface area (Å²) in [6.07, 6.45) is 1.51. The van der Waals surface area contributed by atoms with E-state index in [0.29, 0.717) is 21.7 Å². The van der Waals surface area contributed by atoms with Gasteiger partial charge in [0.25, 0.3) is 5.91 Å². The topological polar surface area (TPSA) is 66.9 Å². The Labute approximate surface area is 161 Å². The van der Waals surface area contributed by atoms with Gasteiger partial charge in [-0.15, -0.1) is 0 Å². The van der Waals surface area contributed by atoms with E-state index >= 15 is 0 Å². The van der Waals surface area contributed by atoms with Gasteiger partial charge in [-0.3, -0.25) is 4.79 Å². The fraction of sp³-hybridized carbons (Fsp3) is 0.105. The number of carbonyl (C=O) groups is 1. The first-order chi connectivity index (χ1) is 12.4. The third-order valence-corrected chi connectivity index (χ3v) is 4.48. The molecule has 132 valence electrons. The van der Waals surface area contributed by atoms with Crippen LogP contribution in [0.15, 0.2) is 48.7 Å². The van der Waals surface area contributed by atoms with E-state index in [9.17, 15) is 4.79 Å². The number of carbonyl (C=O) groups excluding carboxylic acids is 1. The van der Waals surface area contributed by atoms with Crippen molar-refractivity contribution in [2.24, 2.45) is 0 Å². The van der Waals surface area contributed by atoms with Crippen LogP contribution in [0.2, 0.25) is 10.0 Å². The zero-order chi connectivity index (χ0) is 18.7. The van der Waals surface area contributed by atoms with Crippen LogP contribution in [0.25, 0.3) is 0 Å². The van der Waals surface area contributed by atoms with Crippen LogP contribution in [0.4, 0.5) is 17.3 Å². The van der Waals surface area contributed by atoms with Crippen molar-refractivity contribution in [3.63, 3.8) is 0 Å². The van der Waals surface area contributed by atoms with Crippen molar-refractivity contribution >= 4 is 46.4 Å². The molecule has 0 spiro atoms. The first kappa shape index (κ1) is 18.2. The Balaban J connectivity index is 1.80. The molecule has 0 bridgehead atoms. The van der Waals surface area contributed by atoms with Crippen molar-refractivity contribution in [3.05, 3.63) is 75.5 Å². The number of halogens is 2. The molecule has 0 aliphatic heterocycles. The molecule has 2 aromatic carbocycles. The SMILES string of the molecule is Cc1ccc(Nc2nccc(C(=O)Nc3c(Cl)cccc3Cl)n2)cc1C. The van der Waals surface area contributed by atoms with Gasteiger partial charge in [-0.25, -0.2) is 9.97 Å². The maximum Gasteiger partial charge on any atom is 0.274 e. The number of para-hydroxylation sites is 1. The van der Waals surface area contributed by atoms with Crippen molar-refractivity contribution < 1.29 is 4.79 Å². The summed E-state index contributed by atoms with van der Waals surface area (Å²) < 4.78 is 0. The molecule has 26 heavy (non-hydrogen) atoms. The summed E-state index contributed by atoms with van der Waals surface area (Å²) in [4.78, 5) is 20.9. The smallest absolute Gasteiger partial charge is 0.274 e. The molecule has 1 aromatic heterocycles. The predicted molar refractivity (Wildman–Crippen MR) is 106 cm³/mol. The van der Waals surface area contributed by atoms with Crippen LogP contribution in [0, 0.1) is 13.8 Å². The lowest BCUT2D eigenvalue weighted by atomic mass is 10.1. The fourth-order valence-corrected chi connectivity index (χ4v) is 2.78. The van der Waals surface area contributed by atoms with Crippen molar-refractivity contribution in [2.45, 2.75) is 13.8 Å². The molecule has 0 aliphatic rings. The molecule has 1 amide bonds. The Kier molecular flexibility index (Phi) is 5.40. The minimum atomic E-state index is -0.425. The standard InChI is InChI=1S/C19H16Cl2N4O/c1-11-6-7-13(10-12(11)2)23-19-22-9-8-16(24-19)18(26)25-17-14(20)4-3-5-15(17)21/h3-10H,1-2H3,(H,25,26)(H,22,23,24). The third kappa shape index (κ3) is 4.12. The van der Waals surface area contributed by atoms with E-state index in [0.717, 1.165) is 11.3 Å². The first-order valence-electron chi connectivity index (χ1n) is 7.87. The summed E-state index contributed by atoms with van der Waals surface area (Å²) in [5, 5.41) is 6.49. The lowest BCUT2D eigenvalue weighted by Gasteiger charge is -2.10. The molecule has 0 unspecified atom stereocenters. The average Bonchev–Trinajstić information content (AvgIpc) is 2.61. The monoisotopic (exact) mass is 386 g/mol. The molecular weight excluding hydrogens is 371 g/mol. The molecule has 0 atom stereocenters. The number of benzene rings is 2. The summed E-state index contributed by atoms with van der Waals surface area (Å²) in [5.74, 6) is -0.100. The van der Waals surface area contributed by atoms with Crippen LogP contribution in [0.1, 0.15) is 21.6 Å². The highest BCUT2D eigenvalue weighted by Crippen LogP contribution is 2.30. The maximum atomic E-state index is 12.5. The van der Waals surface area contributed by atoms with Gasteiger partial charge in [0, 0.05) is 11.9 Å². The largest absolute Gasteiger partial charge is 0.324 e. The summed E-state index contributed by atoms with van der Waals surface area (Å²) in [5.41, 5.74) is 3.74. The Morgan fingerprint density at radius 3 is 2.42 bits per heavy atom. The van der Waals surface area contributed by atoms with Crippen LogP contribution < -0.4 is 10.6 Å². The highest BCUT2D eigenvalue weighted by atomic mass is 35.5. The number of nitrogens with one attached hydrogen (secondary N) is 2. The number of hydrogen-bond donors (Lipinski definition) is 2. The number of nitrogens with zero attached hydrogens (tertiary/aromatic N) is 2. The summed E-state index contributed by atoms with van der Waals surface area (Å²) >= 11 is 12.2. The normalized spacial score (nSPS) is 10.5. The Morgan fingerprint density at radius 1 is 1.00 bits per heavy atom. The second kappa shape index (κ2) is 7.72. The van der Waals surface area contributed by atoms with Gasteiger partial charge in [0.15, 0.2) is 0 Å². The van der Waals surface area contributed by atoms with Crippen LogP contribution in [-0.2, 0) is 0 Å². The third-order valence-electron chi connectivity index (χ3n) is 3.85. The number of aryl methyl sites for hydroxylation is 2. The van der Waals surface area contributed by atoms with E-state index in [4.69, 9.17) is 23.2 Å². The minimum absolute atomic E-state index is 0.197. The van der Waals surface area contributed by atoms with Crippen molar-refractivity contribution in [1.29, 1.82) is 0 Å². The zero-order valence-electron chi connectivity index (χ0n) is 14.2. The Bertz CT molecular complexity index is 955. The van der Waals surface area contributed by atoms with Gasteiger partial charge in [-0.05, 0) is 55.3 Å². The highest BCUT2D eigenvalue weighted by Gasteiger charge is 2.13. The van der Waals surface area contributed by atoms with Gasteiger partial charge in [0.2, 0.25) is 5.95 Å². The summed E-state index contributed by atoms with van der Waals surface area (Å²) in [6.45, 7) is 4.07. The van der Waals surface area contributed by atoms with Crippen LogP contribution in [-0.4, -0.2) is 15.9 Å². The van der Waals surface area contributed by atoms with Gasteiger partial charge in [-0.1, -0.05) is 35.3 Å². The lowest BCUT2D eigenvalue weighted by molar-refractivity contribution is 0.102.